The van der Waals surface area contributed by atoms with Gasteiger partial charge in [-0.2, -0.15) is 0 Å². The highest BCUT2D eigenvalue weighted by Crippen LogP contribution is 2.24. The molecule has 1 aromatic heterocycles. The molecule has 1 amide bonds. The third kappa shape index (κ3) is 6.57. The van der Waals surface area contributed by atoms with Crippen molar-refractivity contribution >= 4 is 39.3 Å². The molecule has 8 heteroatoms. The summed E-state index contributed by atoms with van der Waals surface area (Å²) in [5, 5.41) is 2.68. The first kappa shape index (κ1) is 23.3. The molecule has 1 atom stereocenters. The SMILES string of the molecule is N[C@@H](CCC(=O)OCc1ccccc1)C(=O)Nc1ccc(Br)cc1C(=O)c1ccccn1. The minimum atomic E-state index is -0.944. The van der Waals surface area contributed by atoms with Gasteiger partial charge in [0.1, 0.15) is 12.3 Å². The number of pyridine rings is 1. The fourth-order valence-electron chi connectivity index (χ4n) is 2.89. The van der Waals surface area contributed by atoms with Gasteiger partial charge >= 0.3 is 5.97 Å². The number of aromatic nitrogens is 1. The van der Waals surface area contributed by atoms with E-state index >= 15 is 0 Å². The van der Waals surface area contributed by atoms with Crippen molar-refractivity contribution in [2.75, 3.05) is 5.32 Å². The number of ketones is 1. The summed E-state index contributed by atoms with van der Waals surface area (Å²) in [5.41, 5.74) is 7.69. The van der Waals surface area contributed by atoms with Gasteiger partial charge < -0.3 is 15.8 Å². The molecule has 164 valence electrons. The summed E-state index contributed by atoms with van der Waals surface area (Å²) in [7, 11) is 0. The molecular formula is C24H22BrN3O4. The lowest BCUT2D eigenvalue weighted by Gasteiger charge is -2.15. The number of benzene rings is 2. The number of halogens is 1. The Labute approximate surface area is 194 Å². The summed E-state index contributed by atoms with van der Waals surface area (Å²) < 4.78 is 5.89. The quantitative estimate of drug-likeness (QED) is 0.344. The predicted octanol–water partition coefficient (Wildman–Crippen LogP) is 3.86. The van der Waals surface area contributed by atoms with Crippen molar-refractivity contribution in [2.24, 2.45) is 5.73 Å². The van der Waals surface area contributed by atoms with Gasteiger partial charge in [0.25, 0.3) is 0 Å². The second-order valence-electron chi connectivity index (χ2n) is 7.01. The van der Waals surface area contributed by atoms with E-state index in [4.69, 9.17) is 10.5 Å². The molecule has 32 heavy (non-hydrogen) atoms. The maximum Gasteiger partial charge on any atom is 0.306 e. The highest BCUT2D eigenvalue weighted by Gasteiger charge is 2.20. The number of nitrogens with one attached hydrogen (secondary N) is 1. The van der Waals surface area contributed by atoms with Crippen molar-refractivity contribution in [1.29, 1.82) is 0 Å². The molecule has 0 radical (unpaired) electrons. The van der Waals surface area contributed by atoms with Crippen LogP contribution in [0.3, 0.4) is 0 Å². The zero-order valence-corrected chi connectivity index (χ0v) is 18.7. The van der Waals surface area contributed by atoms with Gasteiger partial charge in [-0.3, -0.25) is 19.4 Å². The largest absolute Gasteiger partial charge is 0.461 e. The van der Waals surface area contributed by atoms with E-state index in [0.29, 0.717) is 10.2 Å². The van der Waals surface area contributed by atoms with Crippen LogP contribution in [0, 0.1) is 0 Å². The average Bonchev–Trinajstić information content (AvgIpc) is 2.83. The maximum absolute atomic E-state index is 12.8. The molecule has 0 aliphatic heterocycles. The number of carbonyl (C=O) groups is 3. The molecule has 0 saturated carbocycles. The van der Waals surface area contributed by atoms with E-state index in [1.807, 2.05) is 30.3 Å². The number of ether oxygens (including phenoxy) is 1. The molecule has 0 aliphatic carbocycles. The summed E-state index contributed by atoms with van der Waals surface area (Å²) in [5.74, 6) is -1.27. The Morgan fingerprint density at radius 1 is 1.03 bits per heavy atom. The van der Waals surface area contributed by atoms with Crippen LogP contribution in [0.4, 0.5) is 5.69 Å². The van der Waals surface area contributed by atoms with Crippen molar-refractivity contribution in [1.82, 2.24) is 4.98 Å². The third-order valence-electron chi connectivity index (χ3n) is 4.62. The molecule has 0 spiro atoms. The van der Waals surface area contributed by atoms with Gasteiger partial charge in [-0.1, -0.05) is 52.3 Å². The van der Waals surface area contributed by atoms with Crippen molar-refractivity contribution in [3.63, 3.8) is 0 Å². The molecular weight excluding hydrogens is 474 g/mol. The second kappa shape index (κ2) is 11.3. The summed E-state index contributed by atoms with van der Waals surface area (Å²) in [6, 6.07) is 18.3. The summed E-state index contributed by atoms with van der Waals surface area (Å²) in [6.45, 7) is 0.166. The van der Waals surface area contributed by atoms with Crippen molar-refractivity contribution in [3.05, 3.63) is 94.2 Å². The molecule has 7 nitrogen and oxygen atoms in total. The van der Waals surface area contributed by atoms with Crippen LogP contribution < -0.4 is 11.1 Å². The van der Waals surface area contributed by atoms with Gasteiger partial charge in [-0.05, 0) is 42.3 Å². The molecule has 3 rings (SSSR count). The van der Waals surface area contributed by atoms with E-state index in [2.05, 4.69) is 26.2 Å². The number of nitrogens with zero attached hydrogens (tertiary/aromatic N) is 1. The van der Waals surface area contributed by atoms with Crippen LogP contribution in [0.5, 0.6) is 0 Å². The first-order chi connectivity index (χ1) is 15.4. The van der Waals surface area contributed by atoms with Crippen LogP contribution in [0.1, 0.15) is 34.5 Å². The number of hydrogen-bond donors (Lipinski definition) is 2. The molecule has 0 bridgehead atoms. The molecule has 1 heterocycles. The van der Waals surface area contributed by atoms with Gasteiger partial charge in [0, 0.05) is 22.7 Å². The molecule has 2 aromatic carbocycles. The number of carbonyl (C=O) groups excluding carboxylic acids is 3. The maximum atomic E-state index is 12.8. The average molecular weight is 496 g/mol. The predicted molar refractivity (Wildman–Crippen MR) is 124 cm³/mol. The minimum absolute atomic E-state index is 0.00147. The molecule has 3 aromatic rings. The standard InChI is InChI=1S/C24H22BrN3O4/c25-17-9-11-20(18(14-17)23(30)21-8-4-5-13-27-21)28-24(31)19(26)10-12-22(29)32-15-16-6-2-1-3-7-16/h1-9,11,13-14,19H,10,12,15,26H2,(H,28,31)/t19-/m0/s1. The Balaban J connectivity index is 1.58. The van der Waals surface area contributed by atoms with Crippen molar-refractivity contribution < 1.29 is 19.1 Å². The second-order valence-corrected chi connectivity index (χ2v) is 7.93. The van der Waals surface area contributed by atoms with Crippen LogP contribution in [0.25, 0.3) is 0 Å². The van der Waals surface area contributed by atoms with E-state index in [1.165, 1.54) is 6.20 Å². The highest BCUT2D eigenvalue weighted by molar-refractivity contribution is 9.10. The lowest BCUT2D eigenvalue weighted by molar-refractivity contribution is -0.145. The third-order valence-corrected chi connectivity index (χ3v) is 5.11. The Morgan fingerprint density at radius 3 is 2.50 bits per heavy atom. The smallest absolute Gasteiger partial charge is 0.306 e. The fraction of sp³-hybridized carbons (Fsp3) is 0.167. The van der Waals surface area contributed by atoms with E-state index < -0.39 is 17.9 Å². The number of hydrogen-bond acceptors (Lipinski definition) is 6. The van der Waals surface area contributed by atoms with Crippen LogP contribution >= 0.6 is 15.9 Å². The lowest BCUT2D eigenvalue weighted by Crippen LogP contribution is -2.36. The highest BCUT2D eigenvalue weighted by atomic mass is 79.9. The fourth-order valence-corrected chi connectivity index (χ4v) is 3.25. The van der Waals surface area contributed by atoms with Gasteiger partial charge in [0.2, 0.25) is 11.7 Å². The van der Waals surface area contributed by atoms with E-state index in [9.17, 15) is 14.4 Å². The Kier molecular flexibility index (Phi) is 8.24. The van der Waals surface area contributed by atoms with Gasteiger partial charge in [-0.25, -0.2) is 0 Å². The monoisotopic (exact) mass is 495 g/mol. The number of amides is 1. The molecule has 0 fully saturated rings. The van der Waals surface area contributed by atoms with E-state index in [0.717, 1.165) is 5.56 Å². The Hall–Kier alpha value is -3.36. The number of esters is 1. The number of rotatable bonds is 9. The van der Waals surface area contributed by atoms with Gasteiger partial charge in [-0.15, -0.1) is 0 Å². The summed E-state index contributed by atoms with van der Waals surface area (Å²) >= 11 is 3.34. The van der Waals surface area contributed by atoms with Crippen LogP contribution in [0.2, 0.25) is 0 Å². The van der Waals surface area contributed by atoms with Crippen LogP contribution in [-0.2, 0) is 20.9 Å². The van der Waals surface area contributed by atoms with Crippen molar-refractivity contribution in [3.8, 4) is 0 Å². The molecule has 3 N–H and O–H groups in total. The zero-order valence-electron chi connectivity index (χ0n) is 17.2. The van der Waals surface area contributed by atoms with Crippen LogP contribution in [0.15, 0.2) is 77.4 Å². The normalized spacial score (nSPS) is 11.4. The van der Waals surface area contributed by atoms with E-state index in [-0.39, 0.29) is 36.5 Å². The number of nitrogens with two attached hydrogens (primary N) is 1. The first-order valence-corrected chi connectivity index (χ1v) is 10.7. The number of anilines is 1. The van der Waals surface area contributed by atoms with E-state index in [1.54, 1.807) is 36.4 Å². The van der Waals surface area contributed by atoms with Gasteiger partial charge in [0.05, 0.1) is 11.7 Å². The topological polar surface area (TPSA) is 111 Å². The van der Waals surface area contributed by atoms with Crippen molar-refractivity contribution in [2.45, 2.75) is 25.5 Å². The molecule has 0 aliphatic rings. The lowest BCUT2D eigenvalue weighted by atomic mass is 10.0. The summed E-state index contributed by atoms with van der Waals surface area (Å²) in [6.07, 6.45) is 1.64. The summed E-state index contributed by atoms with van der Waals surface area (Å²) in [4.78, 5) is 41.5. The molecule has 0 unspecified atom stereocenters. The zero-order chi connectivity index (χ0) is 22.9. The Bertz CT molecular complexity index is 1090. The first-order valence-electron chi connectivity index (χ1n) is 9.95. The van der Waals surface area contributed by atoms with Gasteiger partial charge in [0.15, 0.2) is 0 Å². The minimum Gasteiger partial charge on any atom is -0.461 e. The van der Waals surface area contributed by atoms with Crippen LogP contribution in [-0.4, -0.2) is 28.7 Å². The molecule has 0 saturated heterocycles. The Morgan fingerprint density at radius 2 is 1.78 bits per heavy atom.